The van der Waals surface area contributed by atoms with Gasteiger partial charge in [0.25, 0.3) is 0 Å². The molecular weight excluding hydrogens is 475 g/mol. The number of nitrogens with one attached hydrogen (secondary N) is 2. The van der Waals surface area contributed by atoms with Crippen LogP contribution in [0.25, 0.3) is 0 Å². The van der Waals surface area contributed by atoms with Gasteiger partial charge in [0.05, 0.1) is 4.90 Å². The molecule has 0 atom stereocenters. The number of hydrogen-bond acceptors (Lipinski definition) is 3. The predicted molar refractivity (Wildman–Crippen MR) is 121 cm³/mol. The summed E-state index contributed by atoms with van der Waals surface area (Å²) in [4.78, 5) is 4.34. The van der Waals surface area contributed by atoms with Crippen LogP contribution in [-0.2, 0) is 22.0 Å². The fourth-order valence-corrected chi connectivity index (χ4v) is 3.01. The Bertz CT molecular complexity index is 851. The molecule has 8 heteroatoms. The molecular formula is C19H27IN4O2S. The summed E-state index contributed by atoms with van der Waals surface area (Å²) >= 11 is 0. The standard InChI is InChI=1S/C19H26N4O2S.HI/c1-19(2,16-7-5-4-6-8-16)14-23-18(21-3)22-13-15-9-11-17(12-10-15)26(20,24)25;/h4-12H,13-14H2,1-3H3,(H2,20,24,25)(H2,21,22,23);1H. The van der Waals surface area contributed by atoms with Crippen molar-refractivity contribution in [2.24, 2.45) is 10.1 Å². The molecule has 0 saturated carbocycles. The molecule has 27 heavy (non-hydrogen) atoms. The fraction of sp³-hybridized carbons (Fsp3) is 0.316. The van der Waals surface area contributed by atoms with Crippen LogP contribution in [0, 0.1) is 0 Å². The third-order valence-electron chi connectivity index (χ3n) is 4.19. The minimum absolute atomic E-state index is 0. The molecule has 2 aromatic carbocycles. The van der Waals surface area contributed by atoms with Crippen LogP contribution in [0.5, 0.6) is 0 Å². The Balaban J connectivity index is 0.00000364. The summed E-state index contributed by atoms with van der Waals surface area (Å²) in [5.41, 5.74) is 2.14. The van der Waals surface area contributed by atoms with E-state index in [1.165, 1.54) is 17.7 Å². The molecule has 4 N–H and O–H groups in total. The van der Waals surface area contributed by atoms with Gasteiger partial charge in [-0.15, -0.1) is 24.0 Å². The maximum Gasteiger partial charge on any atom is 0.238 e. The molecule has 6 nitrogen and oxygen atoms in total. The number of sulfonamides is 1. The molecule has 0 aliphatic rings. The van der Waals surface area contributed by atoms with Gasteiger partial charge in [-0.25, -0.2) is 13.6 Å². The number of hydrogen-bond donors (Lipinski definition) is 3. The average Bonchev–Trinajstić information content (AvgIpc) is 2.62. The fourth-order valence-electron chi connectivity index (χ4n) is 2.50. The Morgan fingerprint density at radius 1 is 1.04 bits per heavy atom. The van der Waals surface area contributed by atoms with Gasteiger partial charge in [-0.2, -0.15) is 0 Å². The number of halogens is 1. The Hall–Kier alpha value is -1.65. The van der Waals surface area contributed by atoms with E-state index < -0.39 is 10.0 Å². The minimum Gasteiger partial charge on any atom is -0.356 e. The van der Waals surface area contributed by atoms with Gasteiger partial charge in [0.15, 0.2) is 5.96 Å². The van der Waals surface area contributed by atoms with Gasteiger partial charge in [0.1, 0.15) is 0 Å². The van der Waals surface area contributed by atoms with Crippen molar-refractivity contribution in [3.05, 3.63) is 65.7 Å². The molecule has 148 valence electrons. The van der Waals surface area contributed by atoms with Crippen molar-refractivity contribution in [2.75, 3.05) is 13.6 Å². The molecule has 0 fully saturated rings. The van der Waals surface area contributed by atoms with E-state index in [0.717, 1.165) is 12.1 Å². The highest BCUT2D eigenvalue weighted by Crippen LogP contribution is 2.21. The van der Waals surface area contributed by atoms with Crippen molar-refractivity contribution in [2.45, 2.75) is 30.7 Å². The van der Waals surface area contributed by atoms with Gasteiger partial charge in [0, 0.05) is 25.6 Å². The largest absolute Gasteiger partial charge is 0.356 e. The summed E-state index contributed by atoms with van der Waals surface area (Å²) in [6.07, 6.45) is 0. The highest BCUT2D eigenvalue weighted by Gasteiger charge is 2.20. The first-order valence-electron chi connectivity index (χ1n) is 8.34. The van der Waals surface area contributed by atoms with Crippen LogP contribution in [0.4, 0.5) is 0 Å². The Morgan fingerprint density at radius 2 is 1.63 bits per heavy atom. The molecule has 0 heterocycles. The SMILES string of the molecule is CN=C(NCc1ccc(S(N)(=O)=O)cc1)NCC(C)(C)c1ccccc1.I. The van der Waals surface area contributed by atoms with Crippen LogP contribution >= 0.6 is 24.0 Å². The minimum atomic E-state index is -3.66. The zero-order chi connectivity index (χ0) is 19.2. The number of guanidine groups is 1. The van der Waals surface area contributed by atoms with Crippen LogP contribution in [-0.4, -0.2) is 28.0 Å². The van der Waals surface area contributed by atoms with Crippen LogP contribution < -0.4 is 15.8 Å². The summed E-state index contributed by atoms with van der Waals surface area (Å²) in [6, 6.07) is 16.8. The molecule has 0 amide bonds. The van der Waals surface area contributed by atoms with E-state index in [2.05, 4.69) is 41.6 Å². The van der Waals surface area contributed by atoms with Crippen molar-refractivity contribution in [1.82, 2.24) is 10.6 Å². The van der Waals surface area contributed by atoms with Crippen molar-refractivity contribution in [1.29, 1.82) is 0 Å². The molecule has 0 aliphatic heterocycles. The molecule has 0 radical (unpaired) electrons. The van der Waals surface area contributed by atoms with E-state index in [-0.39, 0.29) is 34.3 Å². The second-order valence-electron chi connectivity index (χ2n) is 6.72. The monoisotopic (exact) mass is 502 g/mol. The van der Waals surface area contributed by atoms with Crippen molar-refractivity contribution in [3.8, 4) is 0 Å². The molecule has 0 saturated heterocycles. The lowest BCUT2D eigenvalue weighted by atomic mass is 9.85. The van der Waals surface area contributed by atoms with Gasteiger partial charge in [-0.1, -0.05) is 56.3 Å². The maximum atomic E-state index is 11.3. The average molecular weight is 502 g/mol. The zero-order valence-corrected chi connectivity index (χ0v) is 18.9. The summed E-state index contributed by atoms with van der Waals surface area (Å²) in [5.74, 6) is 0.685. The molecule has 0 unspecified atom stereocenters. The normalized spacial score (nSPS) is 12.2. The van der Waals surface area contributed by atoms with Gasteiger partial charge in [-0.05, 0) is 23.3 Å². The lowest BCUT2D eigenvalue weighted by Crippen LogP contribution is -2.43. The molecule has 2 rings (SSSR count). The first kappa shape index (κ1) is 23.4. The van der Waals surface area contributed by atoms with Crippen LogP contribution in [0.2, 0.25) is 0 Å². The number of aliphatic imine (C=N–C) groups is 1. The lowest BCUT2D eigenvalue weighted by Gasteiger charge is -2.26. The highest BCUT2D eigenvalue weighted by atomic mass is 127. The van der Waals surface area contributed by atoms with E-state index in [1.807, 2.05) is 18.2 Å². The second kappa shape index (κ2) is 10.0. The maximum absolute atomic E-state index is 11.3. The first-order chi connectivity index (χ1) is 12.2. The number of rotatable bonds is 6. The van der Waals surface area contributed by atoms with E-state index in [4.69, 9.17) is 5.14 Å². The van der Waals surface area contributed by atoms with Gasteiger partial charge < -0.3 is 10.6 Å². The van der Waals surface area contributed by atoms with E-state index in [1.54, 1.807) is 19.2 Å². The molecule has 2 aromatic rings. The lowest BCUT2D eigenvalue weighted by molar-refractivity contribution is 0.508. The Labute approximate surface area is 178 Å². The van der Waals surface area contributed by atoms with E-state index >= 15 is 0 Å². The summed E-state index contributed by atoms with van der Waals surface area (Å²) in [7, 11) is -1.95. The summed E-state index contributed by atoms with van der Waals surface area (Å²) in [6.45, 7) is 5.60. The van der Waals surface area contributed by atoms with Crippen LogP contribution in [0.1, 0.15) is 25.0 Å². The van der Waals surface area contributed by atoms with Gasteiger partial charge in [-0.3, -0.25) is 4.99 Å². The van der Waals surface area contributed by atoms with Crippen molar-refractivity contribution in [3.63, 3.8) is 0 Å². The number of benzene rings is 2. The highest BCUT2D eigenvalue weighted by molar-refractivity contribution is 14.0. The molecule has 0 aliphatic carbocycles. The van der Waals surface area contributed by atoms with E-state index in [0.29, 0.717) is 12.5 Å². The van der Waals surface area contributed by atoms with Gasteiger partial charge >= 0.3 is 0 Å². The van der Waals surface area contributed by atoms with Crippen LogP contribution in [0.15, 0.2) is 64.5 Å². The third-order valence-corrected chi connectivity index (χ3v) is 5.12. The number of nitrogens with two attached hydrogens (primary N) is 1. The quantitative estimate of drug-likeness (QED) is 0.322. The molecule has 0 bridgehead atoms. The third kappa shape index (κ3) is 7.11. The Morgan fingerprint density at radius 3 is 2.15 bits per heavy atom. The predicted octanol–water partition coefficient (Wildman–Crippen LogP) is 2.59. The van der Waals surface area contributed by atoms with Gasteiger partial charge in [0.2, 0.25) is 10.0 Å². The summed E-state index contributed by atoms with van der Waals surface area (Å²) in [5, 5.41) is 11.7. The zero-order valence-electron chi connectivity index (χ0n) is 15.8. The summed E-state index contributed by atoms with van der Waals surface area (Å²) < 4.78 is 22.6. The molecule has 0 spiro atoms. The Kier molecular flexibility index (Phi) is 8.70. The topological polar surface area (TPSA) is 96.6 Å². The first-order valence-corrected chi connectivity index (χ1v) is 9.89. The smallest absolute Gasteiger partial charge is 0.238 e. The number of primary sulfonamides is 1. The van der Waals surface area contributed by atoms with Crippen molar-refractivity contribution < 1.29 is 8.42 Å². The molecule has 0 aromatic heterocycles. The van der Waals surface area contributed by atoms with E-state index in [9.17, 15) is 8.42 Å². The number of nitrogens with zero attached hydrogens (tertiary/aromatic N) is 1. The second-order valence-corrected chi connectivity index (χ2v) is 8.28. The van der Waals surface area contributed by atoms with Crippen LogP contribution in [0.3, 0.4) is 0 Å². The van der Waals surface area contributed by atoms with Crippen molar-refractivity contribution >= 4 is 40.0 Å².